The van der Waals surface area contributed by atoms with Gasteiger partial charge in [-0.05, 0) is 28.2 Å². The largest absolute Gasteiger partial charge is 0.290 e. The number of Topliss-reactive ketones (excluding diaryl/α,β-unsaturated/α-hetero) is 1. The van der Waals surface area contributed by atoms with E-state index in [9.17, 15) is 9.18 Å². The molecule has 1 atom stereocenters. The molecule has 0 heterocycles. The zero-order valence-electron chi connectivity index (χ0n) is 6.18. The second-order valence-electron chi connectivity index (χ2n) is 2.87. The van der Waals surface area contributed by atoms with Gasteiger partial charge in [0.25, 0.3) is 0 Å². The van der Waals surface area contributed by atoms with Crippen LogP contribution in [0.15, 0.2) is 24.3 Å². The molecule has 0 saturated heterocycles. The van der Waals surface area contributed by atoms with E-state index >= 15 is 0 Å². The van der Waals surface area contributed by atoms with Crippen molar-refractivity contribution in [3.63, 3.8) is 0 Å². The molecule has 1 aliphatic rings. The van der Waals surface area contributed by atoms with Crippen LogP contribution < -0.4 is 0 Å². The molecule has 0 spiro atoms. The SMILES string of the molecule is O=C1c2ccccc2CC1(F)I. The molecule has 1 unspecified atom stereocenters. The number of hydrogen-bond acceptors (Lipinski definition) is 1. The van der Waals surface area contributed by atoms with Crippen molar-refractivity contribution in [3.05, 3.63) is 35.4 Å². The van der Waals surface area contributed by atoms with Crippen LogP contribution in [0.1, 0.15) is 15.9 Å². The predicted octanol–water partition coefficient (Wildman–Crippen LogP) is 2.53. The van der Waals surface area contributed by atoms with E-state index in [1.165, 1.54) is 0 Å². The lowest BCUT2D eigenvalue weighted by Gasteiger charge is -2.05. The molecule has 0 bridgehead atoms. The van der Waals surface area contributed by atoms with E-state index in [0.717, 1.165) is 5.56 Å². The summed E-state index contributed by atoms with van der Waals surface area (Å²) >= 11 is 1.57. The minimum absolute atomic E-state index is 0.211. The van der Waals surface area contributed by atoms with Crippen molar-refractivity contribution < 1.29 is 9.18 Å². The van der Waals surface area contributed by atoms with E-state index < -0.39 is 9.46 Å². The van der Waals surface area contributed by atoms with Crippen molar-refractivity contribution in [1.82, 2.24) is 0 Å². The highest BCUT2D eigenvalue weighted by Gasteiger charge is 2.43. The molecular formula is C9H6FIO. The van der Waals surface area contributed by atoms with Crippen molar-refractivity contribution in [3.8, 4) is 0 Å². The Kier molecular flexibility index (Phi) is 1.71. The lowest BCUT2D eigenvalue weighted by molar-refractivity contribution is 0.0882. The summed E-state index contributed by atoms with van der Waals surface area (Å²) in [5.74, 6) is -0.390. The van der Waals surface area contributed by atoms with E-state index in [1.54, 1.807) is 40.8 Å². The molecule has 1 aliphatic carbocycles. The normalized spacial score (nSPS) is 27.3. The number of fused-ring (bicyclic) bond motifs is 1. The van der Waals surface area contributed by atoms with E-state index in [2.05, 4.69) is 0 Å². The molecule has 62 valence electrons. The Balaban J connectivity index is 2.57. The summed E-state index contributed by atoms with van der Waals surface area (Å²) in [5, 5.41) is 0. The highest BCUT2D eigenvalue weighted by atomic mass is 127. The molecule has 0 radical (unpaired) electrons. The topological polar surface area (TPSA) is 17.1 Å². The Labute approximate surface area is 83.1 Å². The van der Waals surface area contributed by atoms with E-state index in [0.29, 0.717) is 5.56 Å². The number of alkyl halides is 2. The maximum atomic E-state index is 13.4. The van der Waals surface area contributed by atoms with Crippen molar-refractivity contribution in [2.45, 2.75) is 10.1 Å². The number of halogens is 2. The Hall–Kier alpha value is -0.450. The Morgan fingerprint density at radius 1 is 1.42 bits per heavy atom. The molecule has 1 aromatic carbocycles. The molecule has 0 aromatic heterocycles. The van der Waals surface area contributed by atoms with Gasteiger partial charge in [0.05, 0.1) is 0 Å². The first-order valence-electron chi connectivity index (χ1n) is 3.62. The smallest absolute Gasteiger partial charge is 0.227 e. The average molecular weight is 276 g/mol. The lowest BCUT2D eigenvalue weighted by Crippen LogP contribution is -2.21. The zero-order valence-corrected chi connectivity index (χ0v) is 8.34. The van der Waals surface area contributed by atoms with Crippen molar-refractivity contribution in [2.75, 3.05) is 0 Å². The highest BCUT2D eigenvalue weighted by Crippen LogP contribution is 2.37. The van der Waals surface area contributed by atoms with Crippen LogP contribution in [0, 0.1) is 0 Å². The van der Waals surface area contributed by atoms with Crippen LogP contribution in [0.25, 0.3) is 0 Å². The fraction of sp³-hybridized carbons (Fsp3) is 0.222. The third-order valence-corrected chi connectivity index (χ3v) is 2.88. The van der Waals surface area contributed by atoms with Crippen LogP contribution in [0.4, 0.5) is 4.39 Å². The van der Waals surface area contributed by atoms with Gasteiger partial charge in [-0.3, -0.25) is 4.79 Å². The minimum atomic E-state index is -1.71. The second kappa shape index (κ2) is 2.52. The first-order chi connectivity index (χ1) is 5.61. The zero-order chi connectivity index (χ0) is 8.77. The van der Waals surface area contributed by atoms with Gasteiger partial charge in [0.1, 0.15) is 0 Å². The first kappa shape index (κ1) is 8.16. The molecular weight excluding hydrogens is 270 g/mol. The third-order valence-electron chi connectivity index (χ3n) is 2.01. The van der Waals surface area contributed by atoms with Gasteiger partial charge in [0.2, 0.25) is 9.46 Å². The summed E-state index contributed by atoms with van der Waals surface area (Å²) in [6.07, 6.45) is 0.211. The number of carbonyl (C=O) groups excluding carboxylic acids is 1. The van der Waals surface area contributed by atoms with Crippen molar-refractivity contribution in [2.24, 2.45) is 0 Å². The minimum Gasteiger partial charge on any atom is -0.290 e. The molecule has 0 aliphatic heterocycles. The van der Waals surface area contributed by atoms with Crippen LogP contribution in [0.2, 0.25) is 0 Å². The van der Waals surface area contributed by atoms with Crippen molar-refractivity contribution in [1.29, 1.82) is 0 Å². The standard InChI is InChI=1S/C9H6FIO/c10-9(11)5-6-3-1-2-4-7(6)8(9)12/h1-4H,5H2. The molecule has 1 nitrogen and oxygen atoms in total. The summed E-state index contributed by atoms with van der Waals surface area (Å²) in [6, 6.07) is 7.06. The maximum Gasteiger partial charge on any atom is 0.227 e. The van der Waals surface area contributed by atoms with Gasteiger partial charge in [0.15, 0.2) is 0 Å². The monoisotopic (exact) mass is 276 g/mol. The molecule has 0 amide bonds. The van der Waals surface area contributed by atoms with E-state index in [1.807, 2.05) is 6.07 Å². The van der Waals surface area contributed by atoms with Gasteiger partial charge >= 0.3 is 0 Å². The fourth-order valence-corrected chi connectivity index (χ4v) is 2.11. The van der Waals surface area contributed by atoms with Crippen LogP contribution in [0.5, 0.6) is 0 Å². The number of ketones is 1. The van der Waals surface area contributed by atoms with Crippen molar-refractivity contribution >= 4 is 28.4 Å². The lowest BCUT2D eigenvalue weighted by atomic mass is 10.1. The van der Waals surface area contributed by atoms with Crippen LogP contribution in [-0.2, 0) is 6.42 Å². The summed E-state index contributed by atoms with van der Waals surface area (Å²) in [4.78, 5) is 11.3. The number of hydrogen-bond donors (Lipinski definition) is 0. The average Bonchev–Trinajstić information content (AvgIpc) is 2.24. The molecule has 0 N–H and O–H groups in total. The summed E-state index contributed by atoms with van der Waals surface area (Å²) < 4.78 is 11.7. The van der Waals surface area contributed by atoms with Crippen LogP contribution in [-0.4, -0.2) is 9.46 Å². The number of benzene rings is 1. The summed E-state index contributed by atoms with van der Waals surface area (Å²) in [7, 11) is 0. The third kappa shape index (κ3) is 1.07. The van der Waals surface area contributed by atoms with Gasteiger partial charge in [-0.1, -0.05) is 24.3 Å². The highest BCUT2D eigenvalue weighted by molar-refractivity contribution is 14.1. The quantitative estimate of drug-likeness (QED) is 0.525. The predicted molar refractivity (Wildman–Crippen MR) is 52.3 cm³/mol. The Bertz CT molecular complexity index is 346. The molecule has 2 rings (SSSR count). The summed E-state index contributed by atoms with van der Waals surface area (Å²) in [5.41, 5.74) is 1.36. The Morgan fingerprint density at radius 3 is 2.75 bits per heavy atom. The molecule has 3 heteroatoms. The molecule has 12 heavy (non-hydrogen) atoms. The van der Waals surface area contributed by atoms with Gasteiger partial charge in [-0.2, -0.15) is 0 Å². The van der Waals surface area contributed by atoms with Gasteiger partial charge < -0.3 is 0 Å². The molecule has 0 fully saturated rings. The number of carbonyl (C=O) groups is 1. The second-order valence-corrected chi connectivity index (χ2v) is 4.58. The Morgan fingerprint density at radius 2 is 2.08 bits per heavy atom. The van der Waals surface area contributed by atoms with Gasteiger partial charge in [-0.25, -0.2) is 4.39 Å². The maximum absolute atomic E-state index is 13.4. The molecule has 1 aromatic rings. The summed E-state index contributed by atoms with van der Waals surface area (Å²) in [6.45, 7) is 0. The van der Waals surface area contributed by atoms with Gasteiger partial charge in [0, 0.05) is 12.0 Å². The van der Waals surface area contributed by atoms with Crippen LogP contribution in [0.3, 0.4) is 0 Å². The van der Waals surface area contributed by atoms with Crippen LogP contribution >= 0.6 is 22.6 Å². The van der Waals surface area contributed by atoms with E-state index in [4.69, 9.17) is 0 Å². The van der Waals surface area contributed by atoms with E-state index in [-0.39, 0.29) is 6.42 Å². The first-order valence-corrected chi connectivity index (χ1v) is 4.70. The number of rotatable bonds is 0. The van der Waals surface area contributed by atoms with Gasteiger partial charge in [-0.15, -0.1) is 0 Å². The fourth-order valence-electron chi connectivity index (χ4n) is 1.41. The molecule has 0 saturated carbocycles.